The summed E-state index contributed by atoms with van der Waals surface area (Å²) in [6.45, 7) is 1.28. The predicted molar refractivity (Wildman–Crippen MR) is 273 cm³/mol. The van der Waals surface area contributed by atoms with E-state index in [4.69, 9.17) is 5.11 Å². The molecule has 0 spiro atoms. The Balaban J connectivity index is 1.33. The molecule has 5 aromatic carbocycles. The molecule has 0 heterocycles. The molecule has 0 saturated carbocycles. The number of carbonyl (C=O) groups excluding carboxylic acids is 8. The number of carboxylic acids is 2. The van der Waals surface area contributed by atoms with Crippen molar-refractivity contribution in [3.8, 4) is 5.75 Å². The Labute approximate surface area is 431 Å². The summed E-state index contributed by atoms with van der Waals surface area (Å²) in [7, 11) is 0. The maximum atomic E-state index is 14.5. The summed E-state index contributed by atoms with van der Waals surface area (Å²) in [5.74, 6) is -9.23. The van der Waals surface area contributed by atoms with Crippen LogP contribution < -0.4 is 42.5 Å². The van der Waals surface area contributed by atoms with Crippen molar-refractivity contribution in [2.75, 3.05) is 13.1 Å². The van der Waals surface area contributed by atoms with Gasteiger partial charge < -0.3 is 57.9 Å². The Morgan fingerprint density at radius 3 is 1.44 bits per heavy atom. The summed E-state index contributed by atoms with van der Waals surface area (Å²) in [6.07, 6.45) is -1.51. The minimum atomic E-state index is -1.59. The summed E-state index contributed by atoms with van der Waals surface area (Å²) in [5, 5.41) is 50.4. The van der Waals surface area contributed by atoms with E-state index in [1.54, 1.807) is 60.7 Å². The van der Waals surface area contributed by atoms with Crippen LogP contribution in [0.2, 0.25) is 0 Å². The summed E-state index contributed by atoms with van der Waals surface area (Å²) in [6, 6.07) is 27.9. The molecule has 0 aliphatic heterocycles. The summed E-state index contributed by atoms with van der Waals surface area (Å²) in [5.41, 5.74) is 2.40. The maximum Gasteiger partial charge on any atom is 0.325 e. The van der Waals surface area contributed by atoms with E-state index in [0.29, 0.717) is 16.7 Å². The van der Waals surface area contributed by atoms with Gasteiger partial charge in [-0.05, 0) is 65.4 Å². The van der Waals surface area contributed by atoms with Crippen molar-refractivity contribution in [2.24, 2.45) is 0 Å². The minimum Gasteiger partial charge on any atom is -0.508 e. The molecule has 0 unspecified atom stereocenters. The number of fused-ring (bicyclic) bond motifs is 1. The van der Waals surface area contributed by atoms with Crippen LogP contribution in [0.3, 0.4) is 0 Å². The number of carboxylic acid groups (broad SMARTS) is 2. The number of carbonyl (C=O) groups is 10. The van der Waals surface area contributed by atoms with Crippen LogP contribution in [0.4, 0.5) is 0 Å². The van der Waals surface area contributed by atoms with Crippen molar-refractivity contribution in [1.82, 2.24) is 42.5 Å². The fourth-order valence-electron chi connectivity index (χ4n) is 7.62. The smallest absolute Gasteiger partial charge is 0.325 e. The quantitative estimate of drug-likeness (QED) is 0.0350. The first-order chi connectivity index (χ1) is 35.8. The van der Waals surface area contributed by atoms with Crippen LogP contribution in [0.15, 0.2) is 127 Å². The highest BCUT2D eigenvalue weighted by atomic mass is 16.4. The van der Waals surface area contributed by atoms with Gasteiger partial charge in [-0.3, -0.25) is 47.9 Å². The van der Waals surface area contributed by atoms with Gasteiger partial charge >= 0.3 is 11.9 Å². The van der Waals surface area contributed by atoms with Crippen LogP contribution in [0, 0.1) is 0 Å². The molecule has 21 heteroatoms. The van der Waals surface area contributed by atoms with Gasteiger partial charge in [0.2, 0.25) is 47.3 Å². The number of hydrogen-bond acceptors (Lipinski definition) is 11. The van der Waals surface area contributed by atoms with Crippen LogP contribution in [0.5, 0.6) is 5.75 Å². The molecular formula is C54H60N8O13. The molecule has 5 rings (SSSR count). The van der Waals surface area contributed by atoms with E-state index in [2.05, 4.69) is 42.5 Å². The first kappa shape index (κ1) is 56.8. The van der Waals surface area contributed by atoms with E-state index in [9.17, 15) is 58.2 Å². The molecule has 5 aromatic rings. The monoisotopic (exact) mass is 1030 g/mol. The van der Waals surface area contributed by atoms with Gasteiger partial charge in [-0.1, -0.05) is 115 Å². The number of amides is 8. The molecule has 0 radical (unpaired) electrons. The SMILES string of the molecule is C[C@@H](NC(=O)[C@@H](C)NC(=O)CNC(=O)[C@H](CCC(=O)O)NC(=O)[C@H](Cc1ccc(O)cc1)NC(=O)[C@H](Cc1ccccc1)NC(=O)[C@H](Cc1ccccc1)NC(=O)CNC(=O)Cc1ccc2ccccc2c1)C(=O)O. The Morgan fingerprint density at radius 1 is 0.427 bits per heavy atom. The number of aliphatic carboxylic acids is 2. The molecule has 0 bridgehead atoms. The third-order valence-corrected chi connectivity index (χ3v) is 11.7. The zero-order valence-electron chi connectivity index (χ0n) is 41.2. The third kappa shape index (κ3) is 19.1. The number of phenols is 1. The lowest BCUT2D eigenvalue weighted by atomic mass is 10.0. The predicted octanol–water partition coefficient (Wildman–Crippen LogP) is 0.946. The van der Waals surface area contributed by atoms with Crippen LogP contribution >= 0.6 is 0 Å². The lowest BCUT2D eigenvalue weighted by molar-refractivity contribution is -0.141. The Bertz CT molecular complexity index is 2830. The second-order valence-corrected chi connectivity index (χ2v) is 17.7. The number of nitrogens with one attached hydrogen (secondary N) is 8. The first-order valence-corrected chi connectivity index (χ1v) is 24.0. The minimum absolute atomic E-state index is 0.00978. The highest BCUT2D eigenvalue weighted by Gasteiger charge is 2.33. The first-order valence-electron chi connectivity index (χ1n) is 24.0. The molecule has 0 saturated heterocycles. The van der Waals surface area contributed by atoms with Gasteiger partial charge in [-0.2, -0.15) is 0 Å². The molecule has 75 heavy (non-hydrogen) atoms. The zero-order valence-corrected chi connectivity index (χ0v) is 41.2. The standard InChI is InChI=1S/C54H60N8O13/c1-32(49(69)58-33(2)54(74)75)57-46(65)31-56-50(70)41(23-24-48(67)68)60-52(72)44(28-36-18-21-40(63)22-19-36)62-53(73)43(27-35-13-7-4-8-14-35)61-51(71)42(26-34-11-5-3-6-12-34)59-47(66)30-55-45(64)29-37-17-20-38-15-9-10-16-39(38)25-37/h3-22,25,32-33,41-44,63H,23-24,26-31H2,1-2H3,(H,55,64)(H,56,70)(H,57,65)(H,58,69)(H,59,66)(H,60,72)(H,61,71)(H,62,73)(H,67,68)(H,74,75)/t32-,33-,41+,42+,43+,44+/m1/s1. The van der Waals surface area contributed by atoms with E-state index in [0.717, 1.165) is 16.3 Å². The second-order valence-electron chi connectivity index (χ2n) is 17.7. The van der Waals surface area contributed by atoms with Gasteiger partial charge in [0, 0.05) is 25.7 Å². The van der Waals surface area contributed by atoms with Gasteiger partial charge in [0.25, 0.3) is 0 Å². The molecule has 8 amide bonds. The van der Waals surface area contributed by atoms with Gasteiger partial charge in [0.1, 0.15) is 42.0 Å². The van der Waals surface area contributed by atoms with E-state index in [1.165, 1.54) is 38.1 Å². The summed E-state index contributed by atoms with van der Waals surface area (Å²) >= 11 is 0. The molecular weight excluding hydrogens is 969 g/mol. The topological polar surface area (TPSA) is 328 Å². The van der Waals surface area contributed by atoms with Crippen LogP contribution in [-0.4, -0.2) is 124 Å². The lowest BCUT2D eigenvalue weighted by Gasteiger charge is -2.27. The van der Waals surface area contributed by atoms with Gasteiger partial charge in [0.05, 0.1) is 19.5 Å². The molecule has 0 fully saturated rings. The van der Waals surface area contributed by atoms with E-state index in [-0.39, 0.29) is 31.4 Å². The third-order valence-electron chi connectivity index (χ3n) is 11.7. The largest absolute Gasteiger partial charge is 0.508 e. The van der Waals surface area contributed by atoms with E-state index in [1.807, 2.05) is 42.5 Å². The summed E-state index contributed by atoms with van der Waals surface area (Å²) < 4.78 is 0. The molecule has 0 aromatic heterocycles. The van der Waals surface area contributed by atoms with Crippen molar-refractivity contribution in [2.45, 2.75) is 88.6 Å². The molecule has 394 valence electrons. The fourth-order valence-corrected chi connectivity index (χ4v) is 7.62. The molecule has 0 aliphatic rings. The maximum absolute atomic E-state index is 14.5. The van der Waals surface area contributed by atoms with Crippen molar-refractivity contribution < 1.29 is 63.3 Å². The average molecular weight is 1030 g/mol. The van der Waals surface area contributed by atoms with Gasteiger partial charge in [-0.25, -0.2) is 0 Å². The van der Waals surface area contributed by atoms with Crippen molar-refractivity contribution in [1.29, 1.82) is 0 Å². The van der Waals surface area contributed by atoms with E-state index < -0.39 is 121 Å². The number of aromatic hydroxyl groups is 1. The van der Waals surface area contributed by atoms with Gasteiger partial charge in [0.15, 0.2) is 0 Å². The van der Waals surface area contributed by atoms with Crippen molar-refractivity contribution in [3.63, 3.8) is 0 Å². The van der Waals surface area contributed by atoms with E-state index >= 15 is 0 Å². The number of rotatable bonds is 27. The lowest BCUT2D eigenvalue weighted by Crippen LogP contribution is -2.60. The zero-order chi connectivity index (χ0) is 54.4. The molecule has 6 atom stereocenters. The van der Waals surface area contributed by atoms with Crippen molar-refractivity contribution >= 4 is 70.0 Å². The summed E-state index contributed by atoms with van der Waals surface area (Å²) in [4.78, 5) is 131. The fraction of sp³-hybridized carbons (Fsp3) is 0.296. The Morgan fingerprint density at radius 2 is 0.893 bits per heavy atom. The number of benzene rings is 5. The second kappa shape index (κ2) is 28.2. The molecule has 21 nitrogen and oxygen atoms in total. The van der Waals surface area contributed by atoms with Crippen LogP contribution in [0.1, 0.15) is 48.9 Å². The average Bonchev–Trinajstić information content (AvgIpc) is 3.38. The molecule has 0 aliphatic carbocycles. The Hall–Kier alpha value is -9.14. The number of hydrogen-bond donors (Lipinski definition) is 11. The number of phenolic OH excluding ortho intramolecular Hbond substituents is 1. The van der Waals surface area contributed by atoms with Crippen LogP contribution in [-0.2, 0) is 73.6 Å². The highest BCUT2D eigenvalue weighted by Crippen LogP contribution is 2.17. The van der Waals surface area contributed by atoms with Crippen LogP contribution in [0.25, 0.3) is 10.8 Å². The van der Waals surface area contributed by atoms with Gasteiger partial charge in [-0.15, -0.1) is 0 Å². The highest BCUT2D eigenvalue weighted by molar-refractivity contribution is 5.97. The normalized spacial score (nSPS) is 13.2. The van der Waals surface area contributed by atoms with Crippen molar-refractivity contribution in [3.05, 3.63) is 150 Å². The Kier molecular flexibility index (Phi) is 21.3. The molecule has 11 N–H and O–H groups in total.